The summed E-state index contributed by atoms with van der Waals surface area (Å²) in [5.41, 5.74) is 3.37. The number of Topliss-reactive ketones (excluding diaryl/α,β-unsaturated/α-hetero) is 1. The molecule has 0 spiro atoms. The van der Waals surface area contributed by atoms with Crippen LogP contribution in [0.4, 0.5) is 0 Å². The summed E-state index contributed by atoms with van der Waals surface area (Å²) >= 11 is 0. The van der Waals surface area contributed by atoms with Gasteiger partial charge in [0.1, 0.15) is 6.61 Å². The molecule has 0 bridgehead atoms. The van der Waals surface area contributed by atoms with Crippen molar-refractivity contribution in [2.24, 2.45) is 0 Å². The molecule has 5 heteroatoms. The number of esters is 1. The van der Waals surface area contributed by atoms with Gasteiger partial charge in [-0.3, -0.25) is 15.1 Å². The summed E-state index contributed by atoms with van der Waals surface area (Å²) in [7, 11) is 0. The molecule has 2 aliphatic rings. The maximum Gasteiger partial charge on any atom is 0.379 e. The second-order valence-corrected chi connectivity index (χ2v) is 4.00. The number of carbonyl (C=O) groups is 2. The quantitative estimate of drug-likeness (QED) is 0.338. The Labute approximate surface area is 81.0 Å². The fourth-order valence-electron chi connectivity index (χ4n) is 1.48. The van der Waals surface area contributed by atoms with Crippen LogP contribution >= 0.6 is 0 Å². The normalized spacial score (nSPS) is 30.4. The highest BCUT2D eigenvalue weighted by Crippen LogP contribution is 2.28. The zero-order chi connectivity index (χ0) is 10.3. The topological polar surface area (TPSA) is 64.6 Å². The van der Waals surface area contributed by atoms with Gasteiger partial charge in [-0.15, -0.1) is 0 Å². The van der Waals surface area contributed by atoms with Crippen LogP contribution in [-0.2, 0) is 19.2 Å². The van der Waals surface area contributed by atoms with E-state index in [0.29, 0.717) is 17.7 Å². The molecule has 0 radical (unpaired) electrons. The highest BCUT2D eigenvalue weighted by molar-refractivity contribution is 6.42. The number of rotatable bonds is 0. The van der Waals surface area contributed by atoms with Crippen molar-refractivity contribution in [2.75, 3.05) is 6.61 Å². The number of hydroxylamine groups is 1. The smallest absolute Gasteiger partial charge is 0.379 e. The van der Waals surface area contributed by atoms with Gasteiger partial charge < -0.3 is 4.74 Å². The number of nitrogens with one attached hydrogen (secondary N) is 1. The van der Waals surface area contributed by atoms with E-state index in [1.54, 1.807) is 0 Å². The average molecular weight is 197 g/mol. The fraction of sp³-hybridized carbons (Fsp3) is 0.556. The first-order valence-corrected chi connectivity index (χ1v) is 4.37. The molecule has 2 aliphatic heterocycles. The predicted octanol–water partition coefficient (Wildman–Crippen LogP) is 0.0699. The molecule has 1 N–H and O–H groups in total. The molecule has 2 fully saturated rings. The van der Waals surface area contributed by atoms with Crippen molar-refractivity contribution < 1.29 is 19.2 Å². The van der Waals surface area contributed by atoms with Gasteiger partial charge in [0.2, 0.25) is 0 Å². The van der Waals surface area contributed by atoms with Gasteiger partial charge in [-0.05, 0) is 13.8 Å². The Morgan fingerprint density at radius 2 is 2.07 bits per heavy atom. The van der Waals surface area contributed by atoms with Crippen LogP contribution in [0.2, 0.25) is 0 Å². The number of carbonyl (C=O) groups excluding carboxylic acids is 2. The third kappa shape index (κ3) is 1.39. The standard InChI is InChI=1S/C9H11NO4/c1-9(2)3-6(10-14-9)5-4-13-8(12)7(5)11/h10H,3-4H2,1-2H3/b6-5+. The molecule has 0 aliphatic carbocycles. The van der Waals surface area contributed by atoms with Crippen LogP contribution in [-0.4, -0.2) is 24.0 Å². The third-order valence-corrected chi connectivity index (χ3v) is 2.22. The SMILES string of the molecule is CC1(C)C/C(=C2/COC(=O)C2=O)NO1. The molecule has 0 unspecified atom stereocenters. The predicted molar refractivity (Wildman–Crippen MR) is 45.9 cm³/mol. The highest BCUT2D eigenvalue weighted by Gasteiger charge is 2.37. The van der Waals surface area contributed by atoms with Crippen LogP contribution in [0.3, 0.4) is 0 Å². The van der Waals surface area contributed by atoms with E-state index in [4.69, 9.17) is 4.84 Å². The van der Waals surface area contributed by atoms with E-state index in [2.05, 4.69) is 10.2 Å². The van der Waals surface area contributed by atoms with Crippen molar-refractivity contribution in [3.05, 3.63) is 11.3 Å². The Morgan fingerprint density at radius 3 is 2.50 bits per heavy atom. The van der Waals surface area contributed by atoms with Gasteiger partial charge in [0.25, 0.3) is 5.78 Å². The lowest BCUT2D eigenvalue weighted by molar-refractivity contribution is -0.146. The fourth-order valence-corrected chi connectivity index (χ4v) is 1.48. The second-order valence-electron chi connectivity index (χ2n) is 4.00. The molecule has 14 heavy (non-hydrogen) atoms. The van der Waals surface area contributed by atoms with Gasteiger partial charge in [0.15, 0.2) is 0 Å². The Morgan fingerprint density at radius 1 is 1.36 bits per heavy atom. The average Bonchev–Trinajstić information content (AvgIpc) is 2.59. The molecule has 0 amide bonds. The Balaban J connectivity index is 2.26. The molecule has 0 aromatic rings. The maximum atomic E-state index is 11.3. The molecule has 2 saturated heterocycles. The first-order chi connectivity index (χ1) is 6.49. The van der Waals surface area contributed by atoms with E-state index in [1.807, 2.05) is 13.8 Å². The lowest BCUT2D eigenvalue weighted by Crippen LogP contribution is -2.19. The summed E-state index contributed by atoms with van der Waals surface area (Å²) < 4.78 is 4.62. The molecule has 0 aromatic carbocycles. The molecule has 76 valence electrons. The number of hydrogen-bond donors (Lipinski definition) is 1. The van der Waals surface area contributed by atoms with Crippen molar-refractivity contribution in [2.45, 2.75) is 25.9 Å². The minimum absolute atomic E-state index is 0.0550. The monoisotopic (exact) mass is 197 g/mol. The molecule has 2 rings (SSSR count). The zero-order valence-corrected chi connectivity index (χ0v) is 8.05. The summed E-state index contributed by atoms with van der Waals surface area (Å²) in [6, 6.07) is 0. The molecular formula is C9H11NO4. The van der Waals surface area contributed by atoms with E-state index < -0.39 is 11.8 Å². The molecule has 0 aromatic heterocycles. The number of ether oxygens (including phenoxy) is 1. The summed E-state index contributed by atoms with van der Waals surface area (Å²) in [5, 5.41) is 0. The molecular weight excluding hydrogens is 186 g/mol. The Kier molecular flexibility index (Phi) is 1.85. The lowest BCUT2D eigenvalue weighted by Gasteiger charge is -2.11. The van der Waals surface area contributed by atoms with Gasteiger partial charge in [-0.25, -0.2) is 4.79 Å². The maximum absolute atomic E-state index is 11.3. The zero-order valence-electron chi connectivity index (χ0n) is 8.05. The molecule has 0 atom stereocenters. The van der Waals surface area contributed by atoms with Crippen LogP contribution in [0, 0.1) is 0 Å². The van der Waals surface area contributed by atoms with Crippen LogP contribution in [0.5, 0.6) is 0 Å². The van der Waals surface area contributed by atoms with E-state index in [0.717, 1.165) is 0 Å². The Hall–Kier alpha value is -1.36. The third-order valence-electron chi connectivity index (χ3n) is 2.22. The summed E-state index contributed by atoms with van der Waals surface area (Å²) in [5.74, 6) is -1.34. The molecule has 5 nitrogen and oxygen atoms in total. The first-order valence-electron chi connectivity index (χ1n) is 4.37. The van der Waals surface area contributed by atoms with Gasteiger partial charge >= 0.3 is 5.97 Å². The van der Waals surface area contributed by atoms with Crippen molar-refractivity contribution >= 4 is 11.8 Å². The van der Waals surface area contributed by atoms with E-state index in [-0.39, 0.29) is 12.2 Å². The van der Waals surface area contributed by atoms with Crippen molar-refractivity contribution in [1.29, 1.82) is 0 Å². The second kappa shape index (κ2) is 2.81. The summed E-state index contributed by atoms with van der Waals surface area (Å²) in [6.45, 7) is 3.85. The van der Waals surface area contributed by atoms with Crippen molar-refractivity contribution in [1.82, 2.24) is 5.48 Å². The Bertz CT molecular complexity index is 343. The van der Waals surface area contributed by atoms with E-state index in [9.17, 15) is 9.59 Å². The van der Waals surface area contributed by atoms with Gasteiger partial charge in [0, 0.05) is 6.42 Å². The number of ketones is 1. The largest absolute Gasteiger partial charge is 0.455 e. The van der Waals surface area contributed by atoms with Crippen molar-refractivity contribution in [3.63, 3.8) is 0 Å². The van der Waals surface area contributed by atoms with Gasteiger partial charge in [-0.1, -0.05) is 0 Å². The van der Waals surface area contributed by atoms with E-state index in [1.165, 1.54) is 0 Å². The first kappa shape index (κ1) is 9.21. The van der Waals surface area contributed by atoms with Crippen LogP contribution in [0.15, 0.2) is 11.3 Å². The van der Waals surface area contributed by atoms with Crippen LogP contribution in [0.1, 0.15) is 20.3 Å². The van der Waals surface area contributed by atoms with E-state index >= 15 is 0 Å². The van der Waals surface area contributed by atoms with Crippen molar-refractivity contribution in [3.8, 4) is 0 Å². The van der Waals surface area contributed by atoms with Gasteiger partial charge in [0.05, 0.1) is 16.9 Å². The molecule has 2 heterocycles. The summed E-state index contributed by atoms with van der Waals surface area (Å²) in [6.07, 6.45) is 0.588. The van der Waals surface area contributed by atoms with Gasteiger partial charge in [-0.2, -0.15) is 0 Å². The summed E-state index contributed by atoms with van der Waals surface area (Å²) in [4.78, 5) is 27.3. The van der Waals surface area contributed by atoms with Crippen LogP contribution < -0.4 is 5.48 Å². The number of cyclic esters (lactones) is 1. The minimum Gasteiger partial charge on any atom is -0.455 e. The number of hydrogen-bond acceptors (Lipinski definition) is 5. The lowest BCUT2D eigenvalue weighted by atomic mass is 10.0. The van der Waals surface area contributed by atoms with Crippen LogP contribution in [0.25, 0.3) is 0 Å². The highest BCUT2D eigenvalue weighted by atomic mass is 16.7. The molecule has 0 saturated carbocycles. The minimum atomic E-state index is -0.779.